The quantitative estimate of drug-likeness (QED) is 0.722. The Kier molecular flexibility index (Phi) is 5.73. The van der Waals surface area contributed by atoms with Crippen molar-refractivity contribution in [3.8, 4) is 0 Å². The first-order valence-electron chi connectivity index (χ1n) is 6.71. The Balaban J connectivity index is 2.30. The summed E-state index contributed by atoms with van der Waals surface area (Å²) >= 11 is 0. The fourth-order valence-corrected chi connectivity index (χ4v) is 2.55. The van der Waals surface area contributed by atoms with E-state index in [4.69, 9.17) is 0 Å². The van der Waals surface area contributed by atoms with Gasteiger partial charge in [0.05, 0.1) is 5.60 Å². The summed E-state index contributed by atoms with van der Waals surface area (Å²) in [6, 6.07) is 0. The number of rotatable bonds is 6. The zero-order valence-electron chi connectivity index (χ0n) is 11.1. The van der Waals surface area contributed by atoms with Gasteiger partial charge in [-0.25, -0.2) is 0 Å². The monoisotopic (exact) mass is 228 g/mol. The van der Waals surface area contributed by atoms with Crippen molar-refractivity contribution in [2.24, 2.45) is 5.92 Å². The zero-order valence-corrected chi connectivity index (χ0v) is 11.1. The maximum Gasteiger partial charge on any atom is 0.0768 e. The van der Waals surface area contributed by atoms with Gasteiger partial charge in [0.15, 0.2) is 0 Å². The van der Waals surface area contributed by atoms with Crippen LogP contribution >= 0.6 is 0 Å². The van der Waals surface area contributed by atoms with Gasteiger partial charge in [-0.1, -0.05) is 13.8 Å². The van der Waals surface area contributed by atoms with Gasteiger partial charge in [-0.15, -0.1) is 0 Å². The maximum atomic E-state index is 10.3. The predicted molar refractivity (Wildman–Crippen MR) is 68.6 cm³/mol. The fraction of sp³-hybridized carbons (Fsp3) is 1.00. The minimum atomic E-state index is -0.484. The molecule has 1 aliphatic rings. The molecular formula is C13H28N2O. The molecule has 1 aliphatic heterocycles. The highest BCUT2D eigenvalue weighted by atomic mass is 16.3. The zero-order chi connectivity index (χ0) is 12.0. The minimum Gasteiger partial charge on any atom is -0.389 e. The summed E-state index contributed by atoms with van der Waals surface area (Å²) < 4.78 is 0. The van der Waals surface area contributed by atoms with E-state index in [0.717, 1.165) is 44.9 Å². The summed E-state index contributed by atoms with van der Waals surface area (Å²) in [5, 5.41) is 13.7. The van der Waals surface area contributed by atoms with Gasteiger partial charge in [0.1, 0.15) is 0 Å². The molecule has 96 valence electrons. The number of nitrogens with zero attached hydrogens (tertiary/aromatic N) is 1. The third-order valence-corrected chi connectivity index (χ3v) is 3.91. The van der Waals surface area contributed by atoms with Crippen LogP contribution in [0.5, 0.6) is 0 Å². The lowest BCUT2D eigenvalue weighted by atomic mass is 9.94. The smallest absolute Gasteiger partial charge is 0.0768 e. The molecule has 0 spiro atoms. The van der Waals surface area contributed by atoms with Crippen LogP contribution in [-0.4, -0.2) is 48.8 Å². The SMILES string of the molecule is CCC(O)(CC)CN(C)CC1CCNCC1. The van der Waals surface area contributed by atoms with Crippen molar-refractivity contribution in [3.63, 3.8) is 0 Å². The number of likely N-dealkylation sites (N-methyl/N-ethyl adjacent to an activating group) is 1. The highest BCUT2D eigenvalue weighted by molar-refractivity contribution is 4.80. The second-order valence-corrected chi connectivity index (χ2v) is 5.32. The van der Waals surface area contributed by atoms with E-state index in [1.807, 2.05) is 0 Å². The Morgan fingerprint density at radius 3 is 2.31 bits per heavy atom. The number of nitrogens with one attached hydrogen (secondary N) is 1. The first kappa shape index (κ1) is 13.9. The first-order valence-corrected chi connectivity index (χ1v) is 6.71. The van der Waals surface area contributed by atoms with Crippen molar-refractivity contribution in [3.05, 3.63) is 0 Å². The van der Waals surface area contributed by atoms with Gasteiger partial charge < -0.3 is 15.3 Å². The second-order valence-electron chi connectivity index (χ2n) is 5.32. The standard InChI is InChI=1S/C13H28N2O/c1-4-13(16,5-2)11-15(3)10-12-6-8-14-9-7-12/h12,14,16H,4-11H2,1-3H3. The van der Waals surface area contributed by atoms with E-state index in [0.29, 0.717) is 0 Å². The van der Waals surface area contributed by atoms with Gasteiger partial charge in [0, 0.05) is 13.1 Å². The largest absolute Gasteiger partial charge is 0.389 e. The molecule has 2 N–H and O–H groups in total. The van der Waals surface area contributed by atoms with E-state index in [2.05, 4.69) is 31.1 Å². The van der Waals surface area contributed by atoms with Crippen molar-refractivity contribution in [1.82, 2.24) is 10.2 Å². The second kappa shape index (κ2) is 6.58. The van der Waals surface area contributed by atoms with Crippen LogP contribution in [0.4, 0.5) is 0 Å². The molecule has 1 rings (SSSR count). The molecule has 0 aromatic carbocycles. The molecule has 1 fully saturated rings. The van der Waals surface area contributed by atoms with Gasteiger partial charge in [-0.05, 0) is 51.7 Å². The summed E-state index contributed by atoms with van der Waals surface area (Å²) in [6.45, 7) is 8.40. The Hall–Kier alpha value is -0.120. The summed E-state index contributed by atoms with van der Waals surface area (Å²) in [7, 11) is 2.14. The van der Waals surface area contributed by atoms with E-state index in [9.17, 15) is 5.11 Å². The summed E-state index contributed by atoms with van der Waals surface area (Å²) in [4.78, 5) is 2.31. The molecule has 0 aromatic heterocycles. The van der Waals surface area contributed by atoms with Crippen LogP contribution in [0.1, 0.15) is 39.5 Å². The average molecular weight is 228 g/mol. The predicted octanol–water partition coefficient (Wildman–Crippen LogP) is 1.47. The highest BCUT2D eigenvalue weighted by Crippen LogP contribution is 2.18. The number of hydrogen-bond donors (Lipinski definition) is 2. The summed E-state index contributed by atoms with van der Waals surface area (Å²) in [5.74, 6) is 0.809. The van der Waals surface area contributed by atoms with Crippen molar-refractivity contribution >= 4 is 0 Å². The van der Waals surface area contributed by atoms with Crippen LogP contribution in [0.15, 0.2) is 0 Å². The molecular weight excluding hydrogens is 200 g/mol. The average Bonchev–Trinajstić information content (AvgIpc) is 2.30. The highest BCUT2D eigenvalue weighted by Gasteiger charge is 2.25. The van der Waals surface area contributed by atoms with Crippen LogP contribution in [0.2, 0.25) is 0 Å². The maximum absolute atomic E-state index is 10.3. The van der Waals surface area contributed by atoms with Crippen LogP contribution in [0.3, 0.4) is 0 Å². The molecule has 0 aliphatic carbocycles. The topological polar surface area (TPSA) is 35.5 Å². The van der Waals surface area contributed by atoms with Gasteiger partial charge in [-0.2, -0.15) is 0 Å². The Morgan fingerprint density at radius 1 is 1.25 bits per heavy atom. The molecule has 0 atom stereocenters. The van der Waals surface area contributed by atoms with Crippen LogP contribution in [0.25, 0.3) is 0 Å². The van der Waals surface area contributed by atoms with Crippen molar-refractivity contribution in [1.29, 1.82) is 0 Å². The van der Waals surface area contributed by atoms with Crippen LogP contribution in [0, 0.1) is 5.92 Å². The fourth-order valence-electron chi connectivity index (χ4n) is 2.55. The van der Waals surface area contributed by atoms with Gasteiger partial charge in [0.2, 0.25) is 0 Å². The molecule has 1 heterocycles. The number of aliphatic hydroxyl groups is 1. The van der Waals surface area contributed by atoms with Crippen LogP contribution in [-0.2, 0) is 0 Å². The third-order valence-electron chi connectivity index (χ3n) is 3.91. The van der Waals surface area contributed by atoms with E-state index in [1.54, 1.807) is 0 Å². The molecule has 0 radical (unpaired) electrons. The van der Waals surface area contributed by atoms with Crippen molar-refractivity contribution in [2.75, 3.05) is 33.2 Å². The lowest BCUT2D eigenvalue weighted by Gasteiger charge is -2.33. The number of piperidine rings is 1. The first-order chi connectivity index (χ1) is 7.59. The molecule has 1 saturated heterocycles. The molecule has 3 nitrogen and oxygen atoms in total. The van der Waals surface area contributed by atoms with Crippen LogP contribution < -0.4 is 5.32 Å². The van der Waals surface area contributed by atoms with Crippen molar-refractivity contribution < 1.29 is 5.11 Å². The molecule has 0 unspecified atom stereocenters. The lowest BCUT2D eigenvalue weighted by molar-refractivity contribution is -0.000953. The van der Waals surface area contributed by atoms with E-state index < -0.39 is 5.60 Å². The van der Waals surface area contributed by atoms with E-state index in [1.165, 1.54) is 12.8 Å². The van der Waals surface area contributed by atoms with Gasteiger partial charge in [-0.3, -0.25) is 0 Å². The lowest BCUT2D eigenvalue weighted by Crippen LogP contribution is -2.43. The molecule has 0 aromatic rings. The van der Waals surface area contributed by atoms with E-state index in [-0.39, 0.29) is 0 Å². The number of hydrogen-bond acceptors (Lipinski definition) is 3. The summed E-state index contributed by atoms with van der Waals surface area (Å²) in [5.41, 5.74) is -0.484. The van der Waals surface area contributed by atoms with Gasteiger partial charge >= 0.3 is 0 Å². The van der Waals surface area contributed by atoms with Gasteiger partial charge in [0.25, 0.3) is 0 Å². The normalized spacial score (nSPS) is 19.3. The van der Waals surface area contributed by atoms with E-state index >= 15 is 0 Å². The Bertz CT molecular complexity index is 186. The molecule has 0 amide bonds. The third kappa shape index (κ3) is 4.40. The summed E-state index contributed by atoms with van der Waals surface area (Å²) in [6.07, 6.45) is 4.25. The van der Waals surface area contributed by atoms with Crippen molar-refractivity contribution in [2.45, 2.75) is 45.1 Å². The molecule has 3 heteroatoms. The molecule has 16 heavy (non-hydrogen) atoms. The Morgan fingerprint density at radius 2 is 1.81 bits per heavy atom. The molecule has 0 saturated carbocycles. The Labute approximate surface area is 100 Å². The minimum absolute atomic E-state index is 0.484. The molecule has 0 bridgehead atoms.